The molecule has 1 aromatic rings. The van der Waals surface area contributed by atoms with Gasteiger partial charge in [-0.05, 0) is 19.1 Å². The maximum absolute atomic E-state index is 11.5. The van der Waals surface area contributed by atoms with E-state index >= 15 is 0 Å². The highest BCUT2D eigenvalue weighted by atomic mass is 35.5. The smallest absolute Gasteiger partial charge is 0.260 e. The van der Waals surface area contributed by atoms with Crippen LogP contribution in [0, 0.1) is 0 Å². The molecule has 0 radical (unpaired) electrons. The number of halogens is 2. The van der Waals surface area contributed by atoms with Crippen LogP contribution in [0.25, 0.3) is 0 Å². The van der Waals surface area contributed by atoms with Crippen LogP contribution in [0.5, 0.6) is 5.75 Å². The molecule has 0 spiro atoms. The quantitative estimate of drug-likeness (QED) is 0.864. The van der Waals surface area contributed by atoms with Gasteiger partial charge in [0.2, 0.25) is 0 Å². The Kier molecular flexibility index (Phi) is 5.55. The summed E-state index contributed by atoms with van der Waals surface area (Å²) in [5.41, 5.74) is 0. The molecule has 0 aliphatic rings. The van der Waals surface area contributed by atoms with E-state index in [2.05, 4.69) is 5.32 Å². The van der Waals surface area contributed by atoms with Crippen LogP contribution in [0.3, 0.4) is 0 Å². The maximum Gasteiger partial charge on any atom is 0.260 e. The van der Waals surface area contributed by atoms with Crippen LogP contribution in [-0.4, -0.2) is 30.3 Å². The SMILES string of the molecule is CC(Oc1ccc(Cl)c(Cl)c1)C(=O)NCCO. The number of carbonyl (C=O) groups excluding carboxylic acids is 1. The Balaban J connectivity index is 2.58. The minimum atomic E-state index is -0.668. The Labute approximate surface area is 109 Å². The fraction of sp³-hybridized carbons (Fsp3) is 0.364. The van der Waals surface area contributed by atoms with Gasteiger partial charge in [-0.1, -0.05) is 23.2 Å². The molecule has 0 saturated carbocycles. The van der Waals surface area contributed by atoms with E-state index < -0.39 is 6.10 Å². The third kappa shape index (κ3) is 4.42. The van der Waals surface area contributed by atoms with Crippen molar-refractivity contribution in [3.8, 4) is 5.75 Å². The summed E-state index contributed by atoms with van der Waals surface area (Å²) in [6.07, 6.45) is -0.668. The lowest BCUT2D eigenvalue weighted by Crippen LogP contribution is -2.37. The van der Waals surface area contributed by atoms with Gasteiger partial charge in [0.15, 0.2) is 6.10 Å². The number of carbonyl (C=O) groups is 1. The van der Waals surface area contributed by atoms with Crippen molar-refractivity contribution in [2.45, 2.75) is 13.0 Å². The average molecular weight is 278 g/mol. The number of amides is 1. The predicted molar refractivity (Wildman–Crippen MR) is 66.6 cm³/mol. The largest absolute Gasteiger partial charge is 0.481 e. The number of aliphatic hydroxyl groups excluding tert-OH is 1. The lowest BCUT2D eigenvalue weighted by atomic mass is 10.3. The number of aliphatic hydroxyl groups is 1. The molecule has 0 saturated heterocycles. The van der Waals surface area contributed by atoms with Gasteiger partial charge in [0.25, 0.3) is 5.91 Å². The Bertz CT molecular complexity index is 398. The van der Waals surface area contributed by atoms with E-state index in [1.165, 1.54) is 0 Å². The van der Waals surface area contributed by atoms with Crippen molar-refractivity contribution in [2.75, 3.05) is 13.2 Å². The molecule has 1 unspecified atom stereocenters. The molecule has 0 fully saturated rings. The van der Waals surface area contributed by atoms with Gasteiger partial charge in [0.1, 0.15) is 5.75 Å². The number of hydrogen-bond acceptors (Lipinski definition) is 3. The van der Waals surface area contributed by atoms with E-state index in [0.717, 1.165) is 0 Å². The first-order valence-corrected chi connectivity index (χ1v) is 5.80. The highest BCUT2D eigenvalue weighted by Gasteiger charge is 2.14. The molecule has 1 amide bonds. The zero-order valence-corrected chi connectivity index (χ0v) is 10.8. The van der Waals surface area contributed by atoms with E-state index in [-0.39, 0.29) is 19.1 Å². The molecule has 0 heterocycles. The summed E-state index contributed by atoms with van der Waals surface area (Å²) in [5.74, 6) is 0.163. The summed E-state index contributed by atoms with van der Waals surface area (Å²) in [6, 6.07) is 4.77. The minimum absolute atomic E-state index is 0.106. The van der Waals surface area contributed by atoms with Crippen LogP contribution < -0.4 is 10.1 Å². The van der Waals surface area contributed by atoms with E-state index in [4.69, 9.17) is 33.0 Å². The maximum atomic E-state index is 11.5. The zero-order chi connectivity index (χ0) is 12.8. The van der Waals surface area contributed by atoms with Crippen molar-refractivity contribution in [2.24, 2.45) is 0 Å². The van der Waals surface area contributed by atoms with Crippen molar-refractivity contribution < 1.29 is 14.6 Å². The number of benzene rings is 1. The lowest BCUT2D eigenvalue weighted by Gasteiger charge is -2.14. The normalized spacial score (nSPS) is 12.0. The van der Waals surface area contributed by atoms with Crippen molar-refractivity contribution in [3.05, 3.63) is 28.2 Å². The molecule has 17 heavy (non-hydrogen) atoms. The zero-order valence-electron chi connectivity index (χ0n) is 9.24. The molecule has 0 aromatic heterocycles. The summed E-state index contributed by atoms with van der Waals surface area (Å²) < 4.78 is 5.37. The first-order valence-electron chi connectivity index (χ1n) is 5.05. The van der Waals surface area contributed by atoms with Gasteiger partial charge in [0, 0.05) is 12.6 Å². The molecule has 2 N–H and O–H groups in total. The standard InChI is InChI=1S/C11H13Cl2NO3/c1-7(11(16)14-4-5-15)17-8-2-3-9(12)10(13)6-8/h2-3,6-7,15H,4-5H2,1H3,(H,14,16). The predicted octanol–water partition coefficient (Wildman–Crippen LogP) is 1.87. The van der Waals surface area contributed by atoms with Crippen molar-refractivity contribution in [3.63, 3.8) is 0 Å². The second-order valence-electron chi connectivity index (χ2n) is 3.35. The molecule has 1 rings (SSSR count). The van der Waals surface area contributed by atoms with Crippen LogP contribution in [0.15, 0.2) is 18.2 Å². The topological polar surface area (TPSA) is 58.6 Å². The summed E-state index contributed by atoms with van der Waals surface area (Å²) in [7, 11) is 0. The number of nitrogens with one attached hydrogen (secondary N) is 1. The van der Waals surface area contributed by atoms with Crippen LogP contribution in [0.4, 0.5) is 0 Å². The van der Waals surface area contributed by atoms with Crippen LogP contribution >= 0.6 is 23.2 Å². The Morgan fingerprint density at radius 2 is 2.18 bits per heavy atom. The molecule has 0 bridgehead atoms. The van der Waals surface area contributed by atoms with Gasteiger partial charge in [-0.25, -0.2) is 0 Å². The van der Waals surface area contributed by atoms with E-state index in [1.54, 1.807) is 25.1 Å². The number of hydrogen-bond donors (Lipinski definition) is 2. The average Bonchev–Trinajstić information content (AvgIpc) is 2.30. The summed E-state index contributed by atoms with van der Waals surface area (Å²) in [5, 5.41) is 11.9. The molecule has 94 valence electrons. The van der Waals surface area contributed by atoms with Crippen LogP contribution in [0.2, 0.25) is 10.0 Å². The fourth-order valence-electron chi connectivity index (χ4n) is 1.13. The molecule has 1 atom stereocenters. The van der Waals surface area contributed by atoms with E-state index in [9.17, 15) is 4.79 Å². The number of rotatable bonds is 5. The van der Waals surface area contributed by atoms with Gasteiger partial charge in [-0.3, -0.25) is 4.79 Å². The molecule has 0 aliphatic carbocycles. The first-order chi connectivity index (χ1) is 8.04. The second-order valence-corrected chi connectivity index (χ2v) is 4.17. The number of ether oxygens (including phenoxy) is 1. The van der Waals surface area contributed by atoms with Gasteiger partial charge in [0.05, 0.1) is 16.7 Å². The van der Waals surface area contributed by atoms with Gasteiger partial charge >= 0.3 is 0 Å². The van der Waals surface area contributed by atoms with Crippen LogP contribution in [0.1, 0.15) is 6.92 Å². The summed E-state index contributed by atoms with van der Waals surface area (Å²) in [6.45, 7) is 1.70. The third-order valence-electron chi connectivity index (χ3n) is 1.98. The van der Waals surface area contributed by atoms with E-state index in [1.807, 2.05) is 0 Å². The molecule has 0 aliphatic heterocycles. The van der Waals surface area contributed by atoms with E-state index in [0.29, 0.717) is 15.8 Å². The molecule has 4 nitrogen and oxygen atoms in total. The third-order valence-corrected chi connectivity index (χ3v) is 2.72. The molecule has 1 aromatic carbocycles. The summed E-state index contributed by atoms with van der Waals surface area (Å²) in [4.78, 5) is 11.5. The lowest BCUT2D eigenvalue weighted by molar-refractivity contribution is -0.127. The molecule has 6 heteroatoms. The highest BCUT2D eigenvalue weighted by Crippen LogP contribution is 2.26. The monoisotopic (exact) mass is 277 g/mol. The van der Waals surface area contributed by atoms with Crippen LogP contribution in [-0.2, 0) is 4.79 Å². The Hall–Kier alpha value is -0.970. The second kappa shape index (κ2) is 6.69. The minimum Gasteiger partial charge on any atom is -0.481 e. The highest BCUT2D eigenvalue weighted by molar-refractivity contribution is 6.42. The molecular weight excluding hydrogens is 265 g/mol. The van der Waals surface area contributed by atoms with Gasteiger partial charge < -0.3 is 15.2 Å². The van der Waals surface area contributed by atoms with Gasteiger partial charge in [-0.2, -0.15) is 0 Å². The van der Waals surface area contributed by atoms with Gasteiger partial charge in [-0.15, -0.1) is 0 Å². The Morgan fingerprint density at radius 1 is 1.47 bits per heavy atom. The van der Waals surface area contributed by atoms with Crippen molar-refractivity contribution in [1.82, 2.24) is 5.32 Å². The first kappa shape index (κ1) is 14.1. The summed E-state index contributed by atoms with van der Waals surface area (Å²) >= 11 is 11.6. The van der Waals surface area contributed by atoms with Crippen molar-refractivity contribution >= 4 is 29.1 Å². The molecular formula is C11H13Cl2NO3. The van der Waals surface area contributed by atoms with Crippen molar-refractivity contribution in [1.29, 1.82) is 0 Å². The fourth-order valence-corrected chi connectivity index (χ4v) is 1.42. The Morgan fingerprint density at radius 3 is 2.76 bits per heavy atom.